The molecule has 1 rings (SSSR count). The fourth-order valence-corrected chi connectivity index (χ4v) is 2.44. The molecule has 0 aliphatic carbocycles. The van der Waals surface area contributed by atoms with Crippen molar-refractivity contribution in [1.82, 2.24) is 9.78 Å². The van der Waals surface area contributed by atoms with Gasteiger partial charge in [-0.3, -0.25) is 14.2 Å². The molecular weight excluding hydrogens is 246 g/mol. The first-order valence-corrected chi connectivity index (χ1v) is 6.83. The molecule has 96 valence electrons. The fourth-order valence-electron chi connectivity index (χ4n) is 1.21. The quantitative estimate of drug-likeness (QED) is 0.744. The highest BCUT2D eigenvalue weighted by molar-refractivity contribution is 7.92. The monoisotopic (exact) mass is 261 g/mol. The summed E-state index contributed by atoms with van der Waals surface area (Å²) in [5.74, 6) is -0.985. The molecule has 7 nitrogen and oxygen atoms in total. The predicted octanol–water partition coefficient (Wildman–Crippen LogP) is 0.509. The van der Waals surface area contributed by atoms with E-state index in [-0.39, 0.29) is 18.0 Å². The number of sulfonamides is 1. The van der Waals surface area contributed by atoms with Crippen molar-refractivity contribution >= 4 is 21.7 Å². The van der Waals surface area contributed by atoms with Crippen LogP contribution in [0.3, 0.4) is 0 Å². The molecule has 2 N–H and O–H groups in total. The summed E-state index contributed by atoms with van der Waals surface area (Å²) in [6.07, 6.45) is 4.00. The fraction of sp³-hybridized carbons (Fsp3) is 0.556. The average Bonchev–Trinajstić information content (AvgIpc) is 2.60. The van der Waals surface area contributed by atoms with Gasteiger partial charge in [0.2, 0.25) is 10.0 Å². The van der Waals surface area contributed by atoms with Gasteiger partial charge in [-0.05, 0) is 6.42 Å². The van der Waals surface area contributed by atoms with Gasteiger partial charge in [-0.25, -0.2) is 8.42 Å². The normalized spacial score (nSPS) is 11.4. The van der Waals surface area contributed by atoms with Crippen LogP contribution in [0.4, 0.5) is 5.69 Å². The van der Waals surface area contributed by atoms with E-state index in [1.54, 1.807) is 0 Å². The first-order valence-electron chi connectivity index (χ1n) is 5.17. The number of aliphatic carboxylic acids is 1. The lowest BCUT2D eigenvalue weighted by Gasteiger charge is -2.04. The minimum Gasteiger partial charge on any atom is -0.480 e. The smallest absolute Gasteiger partial charge is 0.325 e. The van der Waals surface area contributed by atoms with Gasteiger partial charge in [-0.1, -0.05) is 13.3 Å². The third kappa shape index (κ3) is 4.85. The Morgan fingerprint density at radius 1 is 1.59 bits per heavy atom. The van der Waals surface area contributed by atoms with Gasteiger partial charge in [0.1, 0.15) is 6.54 Å². The van der Waals surface area contributed by atoms with E-state index in [9.17, 15) is 13.2 Å². The van der Waals surface area contributed by atoms with E-state index in [1.807, 2.05) is 6.92 Å². The van der Waals surface area contributed by atoms with Gasteiger partial charge in [0.15, 0.2) is 0 Å². The number of carboxylic acid groups (broad SMARTS) is 1. The van der Waals surface area contributed by atoms with E-state index in [0.717, 1.165) is 11.1 Å². The van der Waals surface area contributed by atoms with Gasteiger partial charge in [0.05, 0.1) is 17.6 Å². The minimum absolute atomic E-state index is 0.0492. The summed E-state index contributed by atoms with van der Waals surface area (Å²) >= 11 is 0. The Labute approximate surface area is 99.5 Å². The Bertz CT molecular complexity index is 480. The number of hydrogen-bond acceptors (Lipinski definition) is 4. The summed E-state index contributed by atoms with van der Waals surface area (Å²) in [6, 6.07) is 0. The van der Waals surface area contributed by atoms with Crippen molar-refractivity contribution in [2.45, 2.75) is 26.3 Å². The molecule has 0 amide bonds. The predicted molar refractivity (Wildman–Crippen MR) is 62.2 cm³/mol. The standard InChI is InChI=1S/C9H15N3O4S/c1-2-3-4-17(15,16)11-8-5-10-12(6-8)7-9(13)14/h5-6,11H,2-4,7H2,1H3,(H,13,14). The van der Waals surface area contributed by atoms with Crippen LogP contribution in [0.1, 0.15) is 19.8 Å². The molecule has 0 radical (unpaired) electrons. The molecule has 0 aliphatic rings. The highest BCUT2D eigenvalue weighted by Gasteiger charge is 2.11. The molecule has 0 unspecified atom stereocenters. The largest absolute Gasteiger partial charge is 0.480 e. The number of hydrogen-bond donors (Lipinski definition) is 2. The van der Waals surface area contributed by atoms with Crippen molar-refractivity contribution in [3.63, 3.8) is 0 Å². The number of aromatic nitrogens is 2. The Hall–Kier alpha value is -1.57. The minimum atomic E-state index is -3.36. The van der Waals surface area contributed by atoms with Crippen molar-refractivity contribution in [2.24, 2.45) is 0 Å². The second kappa shape index (κ2) is 5.67. The Morgan fingerprint density at radius 2 is 2.29 bits per heavy atom. The number of anilines is 1. The molecule has 1 aromatic heterocycles. The van der Waals surface area contributed by atoms with Gasteiger partial charge in [-0.2, -0.15) is 5.10 Å². The molecule has 0 spiro atoms. The molecule has 0 aliphatic heterocycles. The molecule has 1 aromatic rings. The molecule has 1 heterocycles. The van der Waals surface area contributed by atoms with Crippen LogP contribution in [0.15, 0.2) is 12.4 Å². The number of rotatable bonds is 7. The molecule has 8 heteroatoms. The Balaban J connectivity index is 2.62. The van der Waals surface area contributed by atoms with Crippen LogP contribution in [0.5, 0.6) is 0 Å². The van der Waals surface area contributed by atoms with Crippen LogP contribution >= 0.6 is 0 Å². The second-order valence-electron chi connectivity index (χ2n) is 3.59. The highest BCUT2D eigenvalue weighted by Crippen LogP contribution is 2.08. The summed E-state index contributed by atoms with van der Waals surface area (Å²) in [4.78, 5) is 10.4. The van der Waals surface area contributed by atoms with Gasteiger partial charge in [0.25, 0.3) is 0 Å². The van der Waals surface area contributed by atoms with Crippen LogP contribution in [0.2, 0.25) is 0 Å². The van der Waals surface area contributed by atoms with Crippen molar-refractivity contribution in [1.29, 1.82) is 0 Å². The van der Waals surface area contributed by atoms with Crippen LogP contribution in [-0.4, -0.2) is 35.0 Å². The van der Waals surface area contributed by atoms with Crippen molar-refractivity contribution in [2.75, 3.05) is 10.5 Å². The average molecular weight is 261 g/mol. The van der Waals surface area contributed by atoms with Gasteiger partial charge >= 0.3 is 5.97 Å². The number of carboxylic acids is 1. The molecule has 0 saturated carbocycles. The zero-order chi connectivity index (χ0) is 12.9. The summed E-state index contributed by atoms with van der Waals surface area (Å²) in [6.45, 7) is 1.61. The lowest BCUT2D eigenvalue weighted by Crippen LogP contribution is -2.16. The molecule has 0 atom stereocenters. The van der Waals surface area contributed by atoms with E-state index in [2.05, 4.69) is 9.82 Å². The maximum Gasteiger partial charge on any atom is 0.325 e. The lowest BCUT2D eigenvalue weighted by atomic mass is 10.4. The molecular formula is C9H15N3O4S. The van der Waals surface area contributed by atoms with E-state index >= 15 is 0 Å². The molecule has 0 bridgehead atoms. The molecule has 17 heavy (non-hydrogen) atoms. The van der Waals surface area contributed by atoms with Crippen molar-refractivity contribution < 1.29 is 18.3 Å². The maximum absolute atomic E-state index is 11.5. The van der Waals surface area contributed by atoms with E-state index in [4.69, 9.17) is 5.11 Å². The third-order valence-electron chi connectivity index (χ3n) is 1.97. The van der Waals surface area contributed by atoms with Gasteiger partial charge in [-0.15, -0.1) is 0 Å². The first-order chi connectivity index (χ1) is 7.93. The van der Waals surface area contributed by atoms with E-state index in [0.29, 0.717) is 6.42 Å². The summed E-state index contributed by atoms with van der Waals surface area (Å²) in [7, 11) is -3.36. The maximum atomic E-state index is 11.5. The van der Waals surface area contributed by atoms with E-state index in [1.165, 1.54) is 12.4 Å². The van der Waals surface area contributed by atoms with Crippen LogP contribution < -0.4 is 4.72 Å². The Kier molecular flexibility index (Phi) is 4.50. The number of nitrogens with one attached hydrogen (secondary N) is 1. The summed E-state index contributed by atoms with van der Waals surface area (Å²) < 4.78 is 26.5. The topological polar surface area (TPSA) is 101 Å². The number of nitrogens with zero attached hydrogens (tertiary/aromatic N) is 2. The van der Waals surface area contributed by atoms with Crippen molar-refractivity contribution in [3.05, 3.63) is 12.4 Å². The molecule has 0 saturated heterocycles. The summed E-state index contributed by atoms with van der Waals surface area (Å²) in [5, 5.41) is 12.3. The zero-order valence-electron chi connectivity index (χ0n) is 9.46. The van der Waals surface area contributed by atoms with Gasteiger partial charge < -0.3 is 5.11 Å². The summed E-state index contributed by atoms with van der Waals surface area (Å²) in [5.41, 5.74) is 0.280. The second-order valence-corrected chi connectivity index (χ2v) is 5.44. The van der Waals surface area contributed by atoms with E-state index < -0.39 is 16.0 Å². The Morgan fingerprint density at radius 3 is 2.88 bits per heavy atom. The number of carbonyl (C=O) groups is 1. The third-order valence-corrected chi connectivity index (χ3v) is 3.34. The van der Waals surface area contributed by atoms with Gasteiger partial charge in [0, 0.05) is 6.20 Å². The van der Waals surface area contributed by atoms with Crippen LogP contribution in [-0.2, 0) is 21.4 Å². The first kappa shape index (κ1) is 13.5. The molecule has 0 fully saturated rings. The van der Waals surface area contributed by atoms with Crippen molar-refractivity contribution in [3.8, 4) is 0 Å². The van der Waals surface area contributed by atoms with Crippen LogP contribution in [0, 0.1) is 0 Å². The highest BCUT2D eigenvalue weighted by atomic mass is 32.2. The SMILES string of the molecule is CCCCS(=O)(=O)Nc1cnn(CC(=O)O)c1. The lowest BCUT2D eigenvalue weighted by molar-refractivity contribution is -0.137. The zero-order valence-corrected chi connectivity index (χ0v) is 10.3. The van der Waals surface area contributed by atoms with Crippen LogP contribution in [0.25, 0.3) is 0 Å². The molecule has 0 aromatic carbocycles. The number of unbranched alkanes of at least 4 members (excludes halogenated alkanes) is 1.